The van der Waals surface area contributed by atoms with Gasteiger partial charge in [0, 0.05) is 31.0 Å². The first-order valence-electron chi connectivity index (χ1n) is 11.0. The van der Waals surface area contributed by atoms with Crippen LogP contribution in [0.5, 0.6) is 5.88 Å². The van der Waals surface area contributed by atoms with E-state index in [1.807, 2.05) is 0 Å². The Morgan fingerprint density at radius 1 is 1.27 bits per heavy atom. The number of hydrogen-bond acceptors (Lipinski definition) is 7. The summed E-state index contributed by atoms with van der Waals surface area (Å²) < 4.78 is 1.21. The molecule has 1 unspecified atom stereocenters. The second-order valence-electron chi connectivity index (χ2n) is 8.33. The van der Waals surface area contributed by atoms with Crippen molar-refractivity contribution in [1.29, 1.82) is 0 Å². The summed E-state index contributed by atoms with van der Waals surface area (Å²) in [5.41, 5.74) is -1.10. The predicted octanol–water partition coefficient (Wildman–Crippen LogP) is 2.74. The molecule has 2 heterocycles. The molecule has 2 aliphatic rings. The van der Waals surface area contributed by atoms with Crippen LogP contribution in [0.2, 0.25) is 0 Å². The molecule has 174 valence electrons. The van der Waals surface area contributed by atoms with Crippen molar-refractivity contribution >= 4 is 17.3 Å². The van der Waals surface area contributed by atoms with Crippen molar-refractivity contribution < 1.29 is 14.8 Å². The van der Waals surface area contributed by atoms with Crippen molar-refractivity contribution in [2.45, 2.75) is 64.0 Å². The highest BCUT2D eigenvalue weighted by molar-refractivity contribution is 6.04. The van der Waals surface area contributed by atoms with Gasteiger partial charge in [-0.2, -0.15) is 5.10 Å². The summed E-state index contributed by atoms with van der Waals surface area (Å²) in [5, 5.41) is 27.7. The second-order valence-corrected chi connectivity index (χ2v) is 8.33. The summed E-state index contributed by atoms with van der Waals surface area (Å²) in [5.74, 6) is -0.795. The third-order valence-corrected chi connectivity index (χ3v) is 6.28. The number of H-pyrrole nitrogens is 1. The van der Waals surface area contributed by atoms with Crippen molar-refractivity contribution in [3.8, 4) is 5.88 Å². The van der Waals surface area contributed by atoms with Crippen LogP contribution in [0, 0.1) is 10.1 Å². The van der Waals surface area contributed by atoms with E-state index in [9.17, 15) is 29.6 Å². The molecule has 0 radical (unpaired) electrons. The van der Waals surface area contributed by atoms with E-state index in [0.717, 1.165) is 19.3 Å². The van der Waals surface area contributed by atoms with Crippen molar-refractivity contribution in [2.24, 2.45) is 5.10 Å². The maximum Gasteiger partial charge on any atom is 0.331 e. The van der Waals surface area contributed by atoms with E-state index in [0.29, 0.717) is 18.4 Å². The molecule has 1 saturated carbocycles. The monoisotopic (exact) mass is 455 g/mol. The lowest BCUT2D eigenvalue weighted by molar-refractivity contribution is -0.384. The quantitative estimate of drug-likeness (QED) is 0.522. The lowest BCUT2D eigenvalue weighted by atomic mass is 9.95. The normalized spacial score (nSPS) is 18.9. The highest BCUT2D eigenvalue weighted by Crippen LogP contribution is 2.36. The number of benzene rings is 1. The molecule has 2 aromatic rings. The molecule has 1 aromatic heterocycles. The van der Waals surface area contributed by atoms with Crippen LogP contribution in [0.25, 0.3) is 0 Å². The van der Waals surface area contributed by atoms with Crippen molar-refractivity contribution in [3.05, 3.63) is 66.3 Å². The van der Waals surface area contributed by atoms with Crippen LogP contribution < -0.4 is 11.2 Å². The summed E-state index contributed by atoms with van der Waals surface area (Å²) in [7, 11) is 0. The summed E-state index contributed by atoms with van der Waals surface area (Å²) in [6.07, 6.45) is 4.50. The minimum Gasteiger partial charge on any atom is -0.494 e. The van der Waals surface area contributed by atoms with Gasteiger partial charge < -0.3 is 5.11 Å². The van der Waals surface area contributed by atoms with Crippen LogP contribution in [-0.4, -0.2) is 36.2 Å². The molecular formula is C22H25N5O6. The van der Waals surface area contributed by atoms with Crippen LogP contribution in [0.15, 0.2) is 39.0 Å². The van der Waals surface area contributed by atoms with E-state index < -0.39 is 28.1 Å². The number of hydrogen-bond donors (Lipinski definition) is 2. The van der Waals surface area contributed by atoms with Gasteiger partial charge in [-0.05, 0) is 18.4 Å². The van der Waals surface area contributed by atoms with Gasteiger partial charge in [0.05, 0.1) is 16.7 Å². The number of amides is 1. The van der Waals surface area contributed by atoms with Gasteiger partial charge in [-0.3, -0.25) is 29.3 Å². The van der Waals surface area contributed by atoms with Gasteiger partial charge in [-0.15, -0.1) is 0 Å². The number of nitro benzene ring substituents is 1. The van der Waals surface area contributed by atoms with E-state index in [1.165, 1.54) is 27.8 Å². The third kappa shape index (κ3) is 4.18. The highest BCUT2D eigenvalue weighted by atomic mass is 16.6. The first-order valence-corrected chi connectivity index (χ1v) is 11.0. The highest BCUT2D eigenvalue weighted by Gasteiger charge is 2.36. The Hall–Kier alpha value is -3.76. The molecule has 0 spiro atoms. The Kier molecular flexibility index (Phi) is 6.12. The zero-order chi connectivity index (χ0) is 23.7. The average Bonchev–Trinajstić information content (AvgIpc) is 3.24. The Bertz CT molecular complexity index is 1240. The number of aromatic amines is 1. The van der Waals surface area contributed by atoms with Gasteiger partial charge in [0.2, 0.25) is 11.8 Å². The van der Waals surface area contributed by atoms with Crippen LogP contribution in [0.4, 0.5) is 5.69 Å². The number of carbonyl (C=O) groups is 1. The SMILES string of the molecule is CCC(=O)N1N=C(c2c(O)n(C3CCCCC3)c(=O)[nH]c2=O)CC1c1cccc([N+](=O)[O-])c1. The summed E-state index contributed by atoms with van der Waals surface area (Å²) >= 11 is 0. The Balaban J connectivity index is 1.79. The zero-order valence-corrected chi connectivity index (χ0v) is 18.2. The lowest BCUT2D eigenvalue weighted by Crippen LogP contribution is -2.36. The molecular weight excluding hydrogens is 430 g/mol. The molecule has 1 aliphatic carbocycles. The van der Waals surface area contributed by atoms with Crippen molar-refractivity contribution in [1.82, 2.24) is 14.6 Å². The number of rotatable bonds is 5. The van der Waals surface area contributed by atoms with E-state index in [1.54, 1.807) is 13.0 Å². The van der Waals surface area contributed by atoms with Gasteiger partial charge in [0.1, 0.15) is 5.56 Å². The molecule has 1 amide bonds. The molecule has 0 saturated heterocycles. The first-order chi connectivity index (χ1) is 15.8. The number of non-ortho nitro benzene ring substituents is 1. The second kappa shape index (κ2) is 9.00. The van der Waals surface area contributed by atoms with Gasteiger partial charge >= 0.3 is 5.69 Å². The van der Waals surface area contributed by atoms with Crippen LogP contribution in [0.3, 0.4) is 0 Å². The average molecular weight is 455 g/mol. The van der Waals surface area contributed by atoms with Crippen LogP contribution >= 0.6 is 0 Å². The topological polar surface area (TPSA) is 151 Å². The summed E-state index contributed by atoms with van der Waals surface area (Å²) in [6, 6.07) is 4.98. The molecule has 33 heavy (non-hydrogen) atoms. The maximum atomic E-state index is 12.7. The molecule has 0 bridgehead atoms. The van der Waals surface area contributed by atoms with Gasteiger partial charge in [-0.25, -0.2) is 9.80 Å². The maximum absolute atomic E-state index is 12.7. The predicted molar refractivity (Wildman–Crippen MR) is 119 cm³/mol. The number of aromatic hydroxyl groups is 1. The fourth-order valence-corrected chi connectivity index (χ4v) is 4.63. The molecule has 4 rings (SSSR count). The standard InChI is InChI=1S/C22H25N5O6/c1-2-18(28)26-17(13-7-6-10-15(11-13)27(32)33)12-16(24-26)19-20(29)23-22(31)25(21(19)30)14-8-4-3-5-9-14/h6-7,10-11,14,17,30H,2-5,8-9,12H2,1H3,(H,23,29,31). The molecule has 1 atom stereocenters. The fourth-order valence-electron chi connectivity index (χ4n) is 4.63. The Labute approximate surface area is 188 Å². The van der Waals surface area contributed by atoms with Gasteiger partial charge in [-0.1, -0.05) is 38.3 Å². The molecule has 1 aromatic carbocycles. The zero-order valence-electron chi connectivity index (χ0n) is 18.2. The smallest absolute Gasteiger partial charge is 0.331 e. The number of nitrogens with zero attached hydrogens (tertiary/aromatic N) is 4. The van der Waals surface area contributed by atoms with E-state index >= 15 is 0 Å². The van der Waals surface area contributed by atoms with Crippen LogP contribution in [0.1, 0.15) is 75.1 Å². The number of nitro groups is 1. The Morgan fingerprint density at radius 3 is 2.67 bits per heavy atom. The largest absolute Gasteiger partial charge is 0.494 e. The van der Waals surface area contributed by atoms with Gasteiger partial charge in [0.15, 0.2) is 0 Å². The first kappa shape index (κ1) is 22.4. The fraction of sp³-hybridized carbons (Fsp3) is 0.455. The van der Waals surface area contributed by atoms with Crippen molar-refractivity contribution in [3.63, 3.8) is 0 Å². The minimum atomic E-state index is -0.785. The molecule has 11 heteroatoms. The van der Waals surface area contributed by atoms with E-state index in [4.69, 9.17) is 0 Å². The van der Waals surface area contributed by atoms with Crippen LogP contribution in [-0.2, 0) is 4.79 Å². The van der Waals surface area contributed by atoms with E-state index in [2.05, 4.69) is 10.1 Å². The lowest BCUT2D eigenvalue weighted by Gasteiger charge is -2.25. The molecule has 1 fully saturated rings. The molecule has 1 aliphatic heterocycles. The number of aromatic nitrogens is 2. The van der Waals surface area contributed by atoms with Gasteiger partial charge in [0.25, 0.3) is 11.2 Å². The van der Waals surface area contributed by atoms with Crippen molar-refractivity contribution in [2.75, 3.05) is 0 Å². The molecule has 11 nitrogen and oxygen atoms in total. The number of carbonyl (C=O) groups excluding carboxylic acids is 1. The Morgan fingerprint density at radius 2 is 2.00 bits per heavy atom. The summed E-state index contributed by atoms with van der Waals surface area (Å²) in [4.78, 5) is 50.8. The number of hydrazone groups is 1. The van der Waals surface area contributed by atoms with E-state index in [-0.39, 0.29) is 41.8 Å². The molecule has 2 N–H and O–H groups in total. The number of nitrogens with one attached hydrogen (secondary N) is 1. The third-order valence-electron chi connectivity index (χ3n) is 6.28. The minimum absolute atomic E-state index is 0.0619. The summed E-state index contributed by atoms with van der Waals surface area (Å²) in [6.45, 7) is 1.66.